The minimum absolute atomic E-state index is 0.0932. The first-order valence-electron chi connectivity index (χ1n) is 5.98. The lowest BCUT2D eigenvalue weighted by Crippen LogP contribution is -2.26. The predicted molar refractivity (Wildman–Crippen MR) is 75.5 cm³/mol. The fourth-order valence-corrected chi connectivity index (χ4v) is 1.94. The zero-order valence-electron chi connectivity index (χ0n) is 10.9. The number of carbonyl (C=O) groups is 1. The van der Waals surface area contributed by atoms with Crippen molar-refractivity contribution in [2.24, 2.45) is 7.05 Å². The molecule has 1 aromatic carbocycles. The average Bonchev–Trinajstić information content (AvgIpc) is 2.78. The van der Waals surface area contributed by atoms with Crippen LogP contribution < -0.4 is 5.32 Å². The van der Waals surface area contributed by atoms with E-state index in [0.29, 0.717) is 18.5 Å². The van der Waals surface area contributed by atoms with E-state index in [1.54, 1.807) is 17.1 Å². The van der Waals surface area contributed by atoms with Crippen LogP contribution in [0.3, 0.4) is 0 Å². The molecule has 0 radical (unpaired) electrons. The Kier molecular flexibility index (Phi) is 4.21. The van der Waals surface area contributed by atoms with Gasteiger partial charge >= 0.3 is 0 Å². The van der Waals surface area contributed by atoms with Gasteiger partial charge in [0, 0.05) is 30.5 Å². The van der Waals surface area contributed by atoms with Gasteiger partial charge in [0.25, 0.3) is 5.91 Å². The highest BCUT2D eigenvalue weighted by Gasteiger charge is 2.09. The van der Waals surface area contributed by atoms with Crippen LogP contribution in [0.2, 0.25) is 0 Å². The number of hydrogen-bond acceptors (Lipinski definition) is 4. The molecule has 6 heteroatoms. The van der Waals surface area contributed by atoms with Crippen LogP contribution in [0, 0.1) is 6.92 Å². The smallest absolute Gasteiger partial charge is 0.251 e. The lowest BCUT2D eigenvalue weighted by molar-refractivity contribution is 0.0953. The minimum Gasteiger partial charge on any atom is -0.352 e. The summed E-state index contributed by atoms with van der Waals surface area (Å²) in [6.07, 6.45) is 2.26. The van der Waals surface area contributed by atoms with Crippen LogP contribution in [0.25, 0.3) is 0 Å². The summed E-state index contributed by atoms with van der Waals surface area (Å²) in [6, 6.07) is 5.53. The molecule has 19 heavy (non-hydrogen) atoms. The molecule has 5 nitrogen and oxygen atoms in total. The van der Waals surface area contributed by atoms with E-state index in [9.17, 15) is 4.79 Å². The highest BCUT2D eigenvalue weighted by Crippen LogP contribution is 2.13. The van der Waals surface area contributed by atoms with Crippen molar-refractivity contribution >= 4 is 18.5 Å². The largest absolute Gasteiger partial charge is 0.352 e. The maximum absolute atomic E-state index is 12.0. The van der Waals surface area contributed by atoms with Crippen molar-refractivity contribution in [1.82, 2.24) is 20.1 Å². The second-order valence-corrected chi connectivity index (χ2v) is 4.86. The Morgan fingerprint density at radius 1 is 1.47 bits per heavy atom. The number of nitrogens with one attached hydrogen (secondary N) is 1. The van der Waals surface area contributed by atoms with Crippen molar-refractivity contribution in [3.05, 3.63) is 41.5 Å². The molecule has 100 valence electrons. The van der Waals surface area contributed by atoms with Gasteiger partial charge in [-0.15, -0.1) is 12.6 Å². The first-order chi connectivity index (χ1) is 9.06. The third-order valence-electron chi connectivity index (χ3n) is 2.75. The van der Waals surface area contributed by atoms with Gasteiger partial charge in [-0.1, -0.05) is 6.07 Å². The molecule has 1 amide bonds. The molecule has 0 unspecified atom stereocenters. The molecule has 0 saturated heterocycles. The molecule has 2 aromatic rings. The number of aromatic nitrogens is 3. The summed E-state index contributed by atoms with van der Waals surface area (Å²) in [5.41, 5.74) is 1.59. The van der Waals surface area contributed by atoms with Crippen molar-refractivity contribution in [2.75, 3.05) is 6.54 Å². The number of thiol groups is 1. The SMILES string of the molecule is Cc1ccc(S)cc1C(=O)NCCc1ncn(C)n1. The highest BCUT2D eigenvalue weighted by atomic mass is 32.1. The van der Waals surface area contributed by atoms with Crippen molar-refractivity contribution in [3.8, 4) is 0 Å². The number of amides is 1. The molecular formula is C13H16N4OS. The van der Waals surface area contributed by atoms with Crippen LogP contribution in [0.15, 0.2) is 29.4 Å². The molecule has 2 rings (SSSR count). The predicted octanol–water partition coefficient (Wildman–Crippen LogP) is 1.38. The Balaban J connectivity index is 1.92. The normalized spacial score (nSPS) is 10.5. The van der Waals surface area contributed by atoms with Gasteiger partial charge in [-0.2, -0.15) is 5.10 Å². The number of hydrogen-bond donors (Lipinski definition) is 2. The van der Waals surface area contributed by atoms with Crippen molar-refractivity contribution in [3.63, 3.8) is 0 Å². The summed E-state index contributed by atoms with van der Waals surface area (Å²) in [7, 11) is 1.82. The summed E-state index contributed by atoms with van der Waals surface area (Å²) >= 11 is 4.24. The Hall–Kier alpha value is -1.82. The molecule has 0 atom stereocenters. The second kappa shape index (κ2) is 5.88. The molecule has 0 aliphatic carbocycles. The molecule has 0 saturated carbocycles. The number of nitrogens with zero attached hydrogens (tertiary/aromatic N) is 3. The van der Waals surface area contributed by atoms with E-state index in [4.69, 9.17) is 0 Å². The van der Waals surface area contributed by atoms with Gasteiger partial charge in [0.1, 0.15) is 6.33 Å². The molecule has 1 N–H and O–H groups in total. The van der Waals surface area contributed by atoms with E-state index in [2.05, 4.69) is 28.0 Å². The third-order valence-corrected chi connectivity index (χ3v) is 3.03. The Morgan fingerprint density at radius 3 is 2.95 bits per heavy atom. The van der Waals surface area contributed by atoms with Gasteiger partial charge in [-0.25, -0.2) is 4.98 Å². The lowest BCUT2D eigenvalue weighted by Gasteiger charge is -2.07. The van der Waals surface area contributed by atoms with E-state index in [-0.39, 0.29) is 5.91 Å². The van der Waals surface area contributed by atoms with Gasteiger partial charge in [0.05, 0.1) is 0 Å². The monoisotopic (exact) mass is 276 g/mol. The molecule has 1 aromatic heterocycles. The van der Waals surface area contributed by atoms with Gasteiger partial charge in [0.2, 0.25) is 0 Å². The van der Waals surface area contributed by atoms with Crippen LogP contribution in [0.5, 0.6) is 0 Å². The van der Waals surface area contributed by atoms with Crippen LogP contribution >= 0.6 is 12.6 Å². The van der Waals surface area contributed by atoms with Crippen LogP contribution in [-0.2, 0) is 13.5 Å². The molecule has 0 bridgehead atoms. The van der Waals surface area contributed by atoms with Gasteiger partial charge in [-0.3, -0.25) is 9.48 Å². The first-order valence-corrected chi connectivity index (χ1v) is 6.43. The molecular weight excluding hydrogens is 260 g/mol. The Labute approximate surface area is 117 Å². The zero-order chi connectivity index (χ0) is 13.8. The van der Waals surface area contributed by atoms with Crippen molar-refractivity contribution in [2.45, 2.75) is 18.2 Å². The highest BCUT2D eigenvalue weighted by molar-refractivity contribution is 7.80. The fourth-order valence-electron chi connectivity index (χ4n) is 1.74. The number of benzene rings is 1. The summed E-state index contributed by atoms with van der Waals surface area (Å²) in [6.45, 7) is 2.42. The quantitative estimate of drug-likeness (QED) is 0.830. The van der Waals surface area contributed by atoms with Crippen LogP contribution in [-0.4, -0.2) is 27.2 Å². The van der Waals surface area contributed by atoms with Crippen LogP contribution in [0.1, 0.15) is 21.7 Å². The number of carbonyl (C=O) groups excluding carboxylic acids is 1. The van der Waals surface area contributed by atoms with E-state index in [1.165, 1.54) is 0 Å². The van der Waals surface area contributed by atoms with Crippen molar-refractivity contribution < 1.29 is 4.79 Å². The van der Waals surface area contributed by atoms with E-state index < -0.39 is 0 Å². The lowest BCUT2D eigenvalue weighted by atomic mass is 10.1. The second-order valence-electron chi connectivity index (χ2n) is 4.34. The third kappa shape index (κ3) is 3.57. The van der Waals surface area contributed by atoms with Gasteiger partial charge in [0.15, 0.2) is 5.82 Å². The fraction of sp³-hybridized carbons (Fsp3) is 0.308. The molecule has 0 aliphatic rings. The van der Waals surface area contributed by atoms with E-state index >= 15 is 0 Å². The van der Waals surface area contributed by atoms with Crippen LogP contribution in [0.4, 0.5) is 0 Å². The van der Waals surface area contributed by atoms with Gasteiger partial charge in [-0.05, 0) is 24.6 Å². The summed E-state index contributed by atoms with van der Waals surface area (Å²) in [4.78, 5) is 16.9. The average molecular weight is 276 g/mol. The summed E-state index contributed by atoms with van der Waals surface area (Å²) in [5.74, 6) is 0.631. The molecule has 0 fully saturated rings. The number of aryl methyl sites for hydroxylation is 2. The zero-order valence-corrected chi connectivity index (χ0v) is 11.8. The van der Waals surface area contributed by atoms with Gasteiger partial charge < -0.3 is 5.32 Å². The topological polar surface area (TPSA) is 59.8 Å². The molecule has 0 spiro atoms. The molecule has 1 heterocycles. The van der Waals surface area contributed by atoms with E-state index in [0.717, 1.165) is 16.3 Å². The number of rotatable bonds is 4. The summed E-state index contributed by atoms with van der Waals surface area (Å²) < 4.78 is 1.64. The molecule has 0 aliphatic heterocycles. The Bertz CT molecular complexity index is 594. The van der Waals surface area contributed by atoms with E-state index in [1.807, 2.05) is 26.1 Å². The maximum Gasteiger partial charge on any atom is 0.251 e. The summed E-state index contributed by atoms with van der Waals surface area (Å²) in [5, 5.41) is 7.02. The minimum atomic E-state index is -0.0932. The maximum atomic E-state index is 12.0. The first kappa shape index (κ1) is 13.6. The van der Waals surface area contributed by atoms with Crippen molar-refractivity contribution in [1.29, 1.82) is 0 Å². The Morgan fingerprint density at radius 2 is 2.26 bits per heavy atom. The standard InChI is InChI=1S/C13H16N4OS/c1-9-3-4-10(19)7-11(9)13(18)14-6-5-12-15-8-17(2)16-12/h3-4,7-8,19H,5-6H2,1-2H3,(H,14,18).